The zero-order chi connectivity index (χ0) is 17.3. The molecule has 0 aromatic heterocycles. The Labute approximate surface area is 144 Å². The fourth-order valence-corrected chi connectivity index (χ4v) is 7.13. The van der Waals surface area contributed by atoms with Crippen molar-refractivity contribution in [2.45, 2.75) is 71.8 Å². The quantitative estimate of drug-likeness (QED) is 0.589. The van der Waals surface area contributed by atoms with E-state index in [9.17, 15) is 14.7 Å². The predicted octanol–water partition coefficient (Wildman–Crippen LogP) is 3.69. The summed E-state index contributed by atoms with van der Waals surface area (Å²) >= 11 is 0. The molecule has 0 bridgehead atoms. The molecule has 3 heteroatoms. The molecule has 0 heterocycles. The second-order valence-electron chi connectivity index (χ2n) is 9.41. The maximum atomic E-state index is 12.6. The molecule has 0 unspecified atom stereocenters. The van der Waals surface area contributed by atoms with E-state index in [0.717, 1.165) is 38.5 Å². The molecule has 3 nitrogen and oxygen atoms in total. The van der Waals surface area contributed by atoms with E-state index < -0.39 is 0 Å². The van der Waals surface area contributed by atoms with Gasteiger partial charge in [0.15, 0.2) is 0 Å². The summed E-state index contributed by atoms with van der Waals surface area (Å²) in [5, 5.41) is 10.1. The van der Waals surface area contributed by atoms with E-state index in [-0.39, 0.29) is 34.4 Å². The van der Waals surface area contributed by atoms with Crippen LogP contribution in [0.5, 0.6) is 0 Å². The number of rotatable bonds is 1. The second-order valence-corrected chi connectivity index (χ2v) is 9.41. The van der Waals surface area contributed by atoms with E-state index in [1.54, 1.807) is 6.92 Å². The van der Waals surface area contributed by atoms with Crippen molar-refractivity contribution in [1.29, 1.82) is 0 Å². The lowest BCUT2D eigenvalue weighted by molar-refractivity contribution is -0.134. The molecule has 7 atom stereocenters. The third kappa shape index (κ3) is 2.06. The molecular weight excluding hydrogens is 300 g/mol. The molecule has 0 amide bonds. The lowest BCUT2D eigenvalue weighted by Crippen LogP contribution is -2.51. The molecule has 24 heavy (non-hydrogen) atoms. The zero-order valence-electron chi connectivity index (χ0n) is 15.2. The first kappa shape index (κ1) is 16.5. The highest BCUT2D eigenvalue weighted by atomic mass is 16.3. The number of allylic oxidation sites excluding steroid dienone is 1. The van der Waals surface area contributed by atoms with E-state index >= 15 is 0 Å². The van der Waals surface area contributed by atoms with Gasteiger partial charge in [0.2, 0.25) is 0 Å². The zero-order valence-corrected chi connectivity index (χ0v) is 15.2. The SMILES string of the molecule is CC(=O)[C@H]1C(=O)C[C@H]2[C@@H]3CC=C4C[C@@H](O)CC[C@]4(C)[C@H]3CC[C@]12C. The smallest absolute Gasteiger partial charge is 0.144 e. The van der Waals surface area contributed by atoms with Crippen LogP contribution in [0.15, 0.2) is 11.6 Å². The highest BCUT2D eigenvalue weighted by Gasteiger charge is 2.62. The summed E-state index contributed by atoms with van der Waals surface area (Å²) in [6, 6.07) is 0. The lowest BCUT2D eigenvalue weighted by atomic mass is 9.47. The average Bonchev–Trinajstić information content (AvgIpc) is 2.78. The first-order valence-electron chi connectivity index (χ1n) is 9.68. The molecule has 0 spiro atoms. The molecule has 132 valence electrons. The van der Waals surface area contributed by atoms with Gasteiger partial charge in [-0.25, -0.2) is 0 Å². The van der Waals surface area contributed by atoms with Gasteiger partial charge in [-0.05, 0) is 74.0 Å². The Kier molecular flexibility index (Phi) is 3.62. The van der Waals surface area contributed by atoms with Crippen LogP contribution in [0.4, 0.5) is 0 Å². The summed E-state index contributed by atoms with van der Waals surface area (Å²) in [4.78, 5) is 24.7. The van der Waals surface area contributed by atoms with Gasteiger partial charge in [0.1, 0.15) is 11.6 Å². The van der Waals surface area contributed by atoms with Crippen LogP contribution in [0.2, 0.25) is 0 Å². The molecular formula is C21H30O3. The highest BCUT2D eigenvalue weighted by molar-refractivity contribution is 6.04. The molecule has 4 aliphatic carbocycles. The first-order valence-corrected chi connectivity index (χ1v) is 9.68. The van der Waals surface area contributed by atoms with Crippen molar-refractivity contribution in [3.8, 4) is 0 Å². The Balaban J connectivity index is 1.70. The molecule has 3 fully saturated rings. The van der Waals surface area contributed by atoms with Crippen molar-refractivity contribution in [3.05, 3.63) is 11.6 Å². The summed E-state index contributed by atoms with van der Waals surface area (Å²) in [7, 11) is 0. The van der Waals surface area contributed by atoms with Crippen LogP contribution in [0.25, 0.3) is 0 Å². The number of carbonyl (C=O) groups excluding carboxylic acids is 2. The number of fused-ring (bicyclic) bond motifs is 5. The minimum absolute atomic E-state index is 0.0718. The van der Waals surface area contributed by atoms with E-state index in [1.807, 2.05) is 0 Å². The molecule has 4 rings (SSSR count). The Morgan fingerprint density at radius 1 is 1.17 bits per heavy atom. The Bertz CT molecular complexity index is 621. The van der Waals surface area contributed by atoms with Crippen LogP contribution in [-0.4, -0.2) is 22.8 Å². The second kappa shape index (κ2) is 5.27. The van der Waals surface area contributed by atoms with Crippen molar-refractivity contribution in [3.63, 3.8) is 0 Å². The summed E-state index contributed by atoms with van der Waals surface area (Å²) in [5.74, 6) is 1.40. The van der Waals surface area contributed by atoms with E-state index in [1.165, 1.54) is 5.57 Å². The molecule has 4 aliphatic rings. The predicted molar refractivity (Wildman–Crippen MR) is 92.3 cm³/mol. The molecule has 0 aromatic carbocycles. The molecule has 0 saturated heterocycles. The van der Waals surface area contributed by atoms with Gasteiger partial charge >= 0.3 is 0 Å². The fraction of sp³-hybridized carbons (Fsp3) is 0.810. The van der Waals surface area contributed by atoms with Crippen LogP contribution in [0.1, 0.15) is 65.7 Å². The van der Waals surface area contributed by atoms with Crippen LogP contribution < -0.4 is 0 Å². The van der Waals surface area contributed by atoms with E-state index in [2.05, 4.69) is 19.9 Å². The number of ketones is 2. The van der Waals surface area contributed by atoms with Crippen LogP contribution >= 0.6 is 0 Å². The van der Waals surface area contributed by atoms with Crippen LogP contribution in [0.3, 0.4) is 0 Å². The van der Waals surface area contributed by atoms with Crippen molar-refractivity contribution in [2.24, 2.45) is 34.5 Å². The number of Topliss-reactive ketones (excluding diaryl/α,β-unsaturated/α-hetero) is 2. The van der Waals surface area contributed by atoms with Gasteiger partial charge in [0.05, 0.1) is 12.0 Å². The van der Waals surface area contributed by atoms with Gasteiger partial charge in [0, 0.05) is 6.42 Å². The highest BCUT2D eigenvalue weighted by Crippen LogP contribution is 2.65. The first-order chi connectivity index (χ1) is 11.3. The van der Waals surface area contributed by atoms with Gasteiger partial charge in [-0.15, -0.1) is 0 Å². The largest absolute Gasteiger partial charge is 0.393 e. The van der Waals surface area contributed by atoms with Crippen molar-refractivity contribution in [2.75, 3.05) is 0 Å². The van der Waals surface area contributed by atoms with Gasteiger partial charge < -0.3 is 5.11 Å². The summed E-state index contributed by atoms with van der Waals surface area (Å²) in [6.45, 7) is 6.20. The molecule has 3 saturated carbocycles. The molecule has 0 aliphatic heterocycles. The number of carbonyl (C=O) groups is 2. The summed E-state index contributed by atoms with van der Waals surface area (Å²) in [5.41, 5.74) is 1.53. The summed E-state index contributed by atoms with van der Waals surface area (Å²) < 4.78 is 0. The minimum Gasteiger partial charge on any atom is -0.393 e. The van der Waals surface area contributed by atoms with Gasteiger partial charge in [0.25, 0.3) is 0 Å². The Morgan fingerprint density at radius 3 is 2.62 bits per heavy atom. The van der Waals surface area contributed by atoms with Gasteiger partial charge in [-0.3, -0.25) is 9.59 Å². The normalized spacial score (nSPS) is 50.6. The molecule has 1 N–H and O–H groups in total. The number of aliphatic hydroxyl groups is 1. The maximum absolute atomic E-state index is 12.6. The van der Waals surface area contributed by atoms with E-state index in [4.69, 9.17) is 0 Å². The number of aliphatic hydroxyl groups excluding tert-OH is 1. The Morgan fingerprint density at radius 2 is 1.92 bits per heavy atom. The topological polar surface area (TPSA) is 54.4 Å². The van der Waals surface area contributed by atoms with Gasteiger partial charge in [-0.1, -0.05) is 25.5 Å². The van der Waals surface area contributed by atoms with Crippen molar-refractivity contribution >= 4 is 11.6 Å². The standard InChI is InChI=1S/C21H30O3/c1-12(22)19-18(24)11-17-15-5-4-13-10-14(23)6-8-20(13,2)16(15)7-9-21(17,19)3/h4,14-17,19,23H,5-11H2,1-3H3/t14-,15+,16-,17-,19-,20-,21-/m0/s1. The third-order valence-corrected chi connectivity index (χ3v) is 8.32. The van der Waals surface area contributed by atoms with E-state index in [0.29, 0.717) is 24.2 Å². The van der Waals surface area contributed by atoms with Gasteiger partial charge in [-0.2, -0.15) is 0 Å². The summed E-state index contributed by atoms with van der Waals surface area (Å²) in [6.07, 6.45) is 8.74. The molecule has 0 radical (unpaired) electrons. The minimum atomic E-state index is -0.366. The monoisotopic (exact) mass is 330 g/mol. The van der Waals surface area contributed by atoms with Crippen LogP contribution in [0, 0.1) is 34.5 Å². The lowest BCUT2D eigenvalue weighted by Gasteiger charge is -2.57. The Hall–Kier alpha value is -0.960. The van der Waals surface area contributed by atoms with Crippen LogP contribution in [-0.2, 0) is 9.59 Å². The average molecular weight is 330 g/mol. The third-order valence-electron chi connectivity index (χ3n) is 8.32. The fourth-order valence-electron chi connectivity index (χ4n) is 7.13. The van der Waals surface area contributed by atoms with Crippen molar-refractivity contribution in [1.82, 2.24) is 0 Å². The molecule has 0 aromatic rings. The van der Waals surface area contributed by atoms with Crippen molar-refractivity contribution < 1.29 is 14.7 Å². The number of hydrogen-bond donors (Lipinski definition) is 1. The maximum Gasteiger partial charge on any atom is 0.144 e. The number of hydrogen-bond acceptors (Lipinski definition) is 3.